The molecular weight excluding hydrogens is 278 g/mol. The lowest BCUT2D eigenvalue weighted by molar-refractivity contribution is 0.163. The van der Waals surface area contributed by atoms with Crippen LogP contribution in [0.2, 0.25) is 0 Å². The summed E-state index contributed by atoms with van der Waals surface area (Å²) < 4.78 is 6.60. The van der Waals surface area contributed by atoms with Crippen LogP contribution in [0.5, 0.6) is 0 Å². The molecule has 0 radical (unpaired) electrons. The maximum atomic E-state index is 6.60. The Morgan fingerprint density at radius 1 is 0.905 bits per heavy atom. The number of rotatable bonds is 3. The van der Waals surface area contributed by atoms with Crippen LogP contribution in [0.3, 0.4) is 0 Å². The van der Waals surface area contributed by atoms with Gasteiger partial charge in [0, 0.05) is 21.6 Å². The van der Waals surface area contributed by atoms with Crippen molar-refractivity contribution in [1.82, 2.24) is 5.32 Å². The average molecular weight is 299 g/mol. The zero-order valence-corrected chi connectivity index (χ0v) is 12.9. The predicted molar refractivity (Wildman–Crippen MR) is 87.8 cm³/mol. The van der Waals surface area contributed by atoms with E-state index in [1.54, 1.807) is 0 Å². The highest BCUT2D eigenvalue weighted by Crippen LogP contribution is 2.70. The standard InChI is InChI=1S/C18H21NOS/c1-3-8-15(9-4-1)21(16-10-5-2-6-11-16)14-18(20-21)17-12-7-13-19-17/h1-6,8-11,17-19H,7,12-14H2. The van der Waals surface area contributed by atoms with E-state index < -0.39 is 10.3 Å². The summed E-state index contributed by atoms with van der Waals surface area (Å²) in [6.07, 6.45) is 2.91. The van der Waals surface area contributed by atoms with Gasteiger partial charge < -0.3 is 9.50 Å². The Morgan fingerprint density at radius 3 is 1.95 bits per heavy atom. The molecule has 2 aromatic rings. The molecule has 2 aromatic carbocycles. The van der Waals surface area contributed by atoms with Crippen molar-refractivity contribution in [1.29, 1.82) is 0 Å². The summed E-state index contributed by atoms with van der Waals surface area (Å²) in [4.78, 5) is 2.70. The van der Waals surface area contributed by atoms with Crippen LogP contribution >= 0.6 is 10.3 Å². The molecule has 21 heavy (non-hydrogen) atoms. The lowest BCUT2D eigenvalue weighted by Crippen LogP contribution is -2.48. The minimum absolute atomic E-state index is 0.378. The van der Waals surface area contributed by atoms with Crippen LogP contribution in [0.25, 0.3) is 0 Å². The molecule has 0 amide bonds. The van der Waals surface area contributed by atoms with Crippen molar-refractivity contribution in [3.8, 4) is 0 Å². The second-order valence-corrected chi connectivity index (χ2v) is 8.62. The van der Waals surface area contributed by atoms with Gasteiger partial charge in [-0.2, -0.15) is 0 Å². The van der Waals surface area contributed by atoms with E-state index >= 15 is 0 Å². The van der Waals surface area contributed by atoms with Gasteiger partial charge in [0.1, 0.15) is 0 Å². The van der Waals surface area contributed by atoms with Crippen molar-refractivity contribution in [3.63, 3.8) is 0 Å². The first-order valence-corrected chi connectivity index (χ1v) is 9.44. The predicted octanol–water partition coefficient (Wildman–Crippen LogP) is 3.98. The number of hydrogen-bond donors (Lipinski definition) is 1. The molecule has 2 atom stereocenters. The maximum absolute atomic E-state index is 6.60. The second-order valence-electron chi connectivity index (χ2n) is 5.81. The van der Waals surface area contributed by atoms with Crippen LogP contribution in [-0.2, 0) is 4.18 Å². The molecule has 2 nitrogen and oxygen atoms in total. The monoisotopic (exact) mass is 299 g/mol. The second kappa shape index (κ2) is 5.48. The van der Waals surface area contributed by atoms with Crippen molar-refractivity contribution in [2.75, 3.05) is 12.3 Å². The summed E-state index contributed by atoms with van der Waals surface area (Å²) in [5.74, 6) is 1.15. The lowest BCUT2D eigenvalue weighted by Gasteiger charge is -2.54. The molecule has 2 fully saturated rings. The van der Waals surface area contributed by atoms with E-state index in [0.29, 0.717) is 12.1 Å². The van der Waals surface area contributed by atoms with Crippen molar-refractivity contribution in [3.05, 3.63) is 60.7 Å². The first-order chi connectivity index (χ1) is 10.4. The zero-order chi connectivity index (χ0) is 14.1. The average Bonchev–Trinajstić information content (AvgIpc) is 3.03. The summed E-state index contributed by atoms with van der Waals surface area (Å²) in [5, 5.41) is 3.59. The number of nitrogens with one attached hydrogen (secondary N) is 1. The van der Waals surface area contributed by atoms with Crippen molar-refractivity contribution < 1.29 is 4.18 Å². The molecule has 0 saturated carbocycles. The Kier molecular flexibility index (Phi) is 3.49. The molecule has 4 rings (SSSR count). The maximum Gasteiger partial charge on any atom is 0.0964 e. The highest BCUT2D eigenvalue weighted by molar-refractivity contribution is 8.30. The molecule has 0 aromatic heterocycles. The van der Waals surface area contributed by atoms with E-state index in [0.717, 1.165) is 12.3 Å². The third-order valence-corrected chi connectivity index (χ3v) is 7.92. The highest BCUT2D eigenvalue weighted by Gasteiger charge is 2.47. The molecular formula is C18H21NOS. The van der Waals surface area contributed by atoms with Gasteiger partial charge in [-0.05, 0) is 43.7 Å². The van der Waals surface area contributed by atoms with Gasteiger partial charge in [-0.15, -0.1) is 0 Å². The van der Waals surface area contributed by atoms with Gasteiger partial charge in [-0.1, -0.05) is 46.7 Å². The van der Waals surface area contributed by atoms with Crippen LogP contribution in [-0.4, -0.2) is 24.4 Å². The molecule has 2 heterocycles. The Balaban J connectivity index is 1.66. The summed E-state index contributed by atoms with van der Waals surface area (Å²) in [6.45, 7) is 1.14. The molecule has 2 aliphatic rings. The largest absolute Gasteiger partial charge is 0.322 e. The van der Waals surface area contributed by atoms with Crippen LogP contribution in [0.15, 0.2) is 70.5 Å². The number of hydrogen-bond acceptors (Lipinski definition) is 2. The molecule has 2 aliphatic heterocycles. The van der Waals surface area contributed by atoms with Crippen LogP contribution in [0.4, 0.5) is 0 Å². The van der Waals surface area contributed by atoms with Gasteiger partial charge >= 0.3 is 0 Å². The van der Waals surface area contributed by atoms with Gasteiger partial charge in [0.05, 0.1) is 6.10 Å². The van der Waals surface area contributed by atoms with Gasteiger partial charge in [0.2, 0.25) is 0 Å². The minimum atomic E-state index is -1.28. The fourth-order valence-corrected chi connectivity index (χ4v) is 6.68. The quantitative estimate of drug-likeness (QED) is 0.926. The Labute approximate surface area is 128 Å². The first kappa shape index (κ1) is 13.4. The molecule has 0 aliphatic carbocycles. The van der Waals surface area contributed by atoms with E-state index in [-0.39, 0.29) is 0 Å². The molecule has 2 saturated heterocycles. The van der Waals surface area contributed by atoms with Crippen LogP contribution in [0.1, 0.15) is 12.8 Å². The van der Waals surface area contributed by atoms with E-state index in [2.05, 4.69) is 66.0 Å². The number of benzene rings is 2. The summed E-state index contributed by atoms with van der Waals surface area (Å²) in [6, 6.07) is 22.1. The SMILES string of the molecule is c1ccc(S2(c3ccccc3)CC(C3CCCN3)O2)cc1. The van der Waals surface area contributed by atoms with Gasteiger partial charge in [0.15, 0.2) is 0 Å². The zero-order valence-electron chi connectivity index (χ0n) is 12.1. The fourth-order valence-electron chi connectivity index (χ4n) is 3.37. The van der Waals surface area contributed by atoms with Gasteiger partial charge in [0.25, 0.3) is 0 Å². The van der Waals surface area contributed by atoms with Gasteiger partial charge in [-0.3, -0.25) is 0 Å². The van der Waals surface area contributed by atoms with Crippen molar-refractivity contribution in [2.45, 2.75) is 34.8 Å². The fraction of sp³-hybridized carbons (Fsp3) is 0.333. The Hall–Kier alpha value is -1.29. The summed E-state index contributed by atoms with van der Waals surface area (Å²) >= 11 is 0. The molecule has 3 heteroatoms. The summed E-state index contributed by atoms with van der Waals surface area (Å²) in [7, 11) is -1.28. The van der Waals surface area contributed by atoms with E-state index in [9.17, 15) is 0 Å². The van der Waals surface area contributed by atoms with Crippen molar-refractivity contribution in [2.24, 2.45) is 0 Å². The molecule has 2 unspecified atom stereocenters. The first-order valence-electron chi connectivity index (χ1n) is 7.71. The normalized spacial score (nSPS) is 28.8. The molecule has 1 N–H and O–H groups in total. The molecule has 0 spiro atoms. The third kappa shape index (κ3) is 2.30. The lowest BCUT2D eigenvalue weighted by atomic mass is 10.1. The molecule has 110 valence electrons. The van der Waals surface area contributed by atoms with Crippen molar-refractivity contribution >= 4 is 10.3 Å². The van der Waals surface area contributed by atoms with Crippen LogP contribution in [0, 0.1) is 0 Å². The Bertz CT molecular complexity index is 548. The van der Waals surface area contributed by atoms with E-state index in [1.807, 2.05) is 0 Å². The smallest absolute Gasteiger partial charge is 0.0964 e. The topological polar surface area (TPSA) is 21.3 Å². The highest BCUT2D eigenvalue weighted by atomic mass is 32.3. The van der Waals surface area contributed by atoms with E-state index in [4.69, 9.17) is 4.18 Å². The van der Waals surface area contributed by atoms with Crippen LogP contribution < -0.4 is 5.32 Å². The third-order valence-electron chi connectivity index (χ3n) is 4.48. The van der Waals surface area contributed by atoms with Gasteiger partial charge in [-0.25, -0.2) is 0 Å². The summed E-state index contributed by atoms with van der Waals surface area (Å²) in [5.41, 5.74) is 0. The van der Waals surface area contributed by atoms with E-state index in [1.165, 1.54) is 22.6 Å². The Morgan fingerprint density at radius 2 is 1.48 bits per heavy atom. The minimum Gasteiger partial charge on any atom is -0.322 e. The molecule has 0 bridgehead atoms.